The predicted octanol–water partition coefficient (Wildman–Crippen LogP) is 1.39. The Kier molecular flexibility index (Phi) is 4.86. The molecule has 1 atom stereocenters. The number of fused-ring (bicyclic) bond motifs is 1. The Morgan fingerprint density at radius 1 is 1.60 bits per heavy atom. The number of nitrogens with one attached hydrogen (secondary N) is 2. The summed E-state index contributed by atoms with van der Waals surface area (Å²) in [5.74, 6) is -0.0352. The number of carbonyl (C=O) groups is 1. The van der Waals surface area contributed by atoms with E-state index in [1.165, 1.54) is 11.8 Å². The number of carbonyl (C=O) groups excluding carboxylic acids is 1. The minimum atomic E-state index is -0.232. The molecule has 0 saturated heterocycles. The molecule has 0 aliphatic carbocycles. The lowest BCUT2D eigenvalue weighted by molar-refractivity contribution is -0.120. The van der Waals surface area contributed by atoms with Crippen molar-refractivity contribution < 1.29 is 9.53 Å². The van der Waals surface area contributed by atoms with Crippen molar-refractivity contribution in [1.29, 1.82) is 0 Å². The van der Waals surface area contributed by atoms with E-state index < -0.39 is 0 Å². The minimum absolute atomic E-state index is 0.0352. The van der Waals surface area contributed by atoms with E-state index in [-0.39, 0.29) is 11.2 Å². The van der Waals surface area contributed by atoms with Crippen LogP contribution in [0.5, 0.6) is 0 Å². The highest BCUT2D eigenvalue weighted by Gasteiger charge is 2.16. The van der Waals surface area contributed by atoms with E-state index in [1.54, 1.807) is 13.2 Å². The normalized spacial score (nSPS) is 12.5. The van der Waals surface area contributed by atoms with Crippen molar-refractivity contribution in [3.05, 3.63) is 18.2 Å². The van der Waals surface area contributed by atoms with Crippen LogP contribution in [0.25, 0.3) is 11.0 Å². The molecule has 0 spiro atoms. The van der Waals surface area contributed by atoms with Crippen molar-refractivity contribution in [2.45, 2.75) is 17.3 Å². The van der Waals surface area contributed by atoms with E-state index in [0.29, 0.717) is 24.0 Å². The van der Waals surface area contributed by atoms with Gasteiger partial charge in [-0.2, -0.15) is 0 Å². The molecular weight excluding hydrogens is 276 g/mol. The van der Waals surface area contributed by atoms with Crippen molar-refractivity contribution in [2.24, 2.45) is 0 Å². The highest BCUT2D eigenvalue weighted by molar-refractivity contribution is 8.00. The standard InChI is InChI=1S/C13H18N4O2S/c1-8(12(18)15-5-6-19-2)20-13-16-10-4-3-9(14)7-11(10)17-13/h3-4,7-8H,5-6,14H2,1-2H3,(H,15,18)(H,16,17). The van der Waals surface area contributed by atoms with Crippen LogP contribution >= 0.6 is 11.8 Å². The van der Waals surface area contributed by atoms with Crippen LogP contribution in [-0.4, -0.2) is 41.4 Å². The van der Waals surface area contributed by atoms with Crippen molar-refractivity contribution in [2.75, 3.05) is 26.0 Å². The van der Waals surface area contributed by atoms with Gasteiger partial charge in [0.25, 0.3) is 0 Å². The monoisotopic (exact) mass is 294 g/mol. The average Bonchev–Trinajstić information content (AvgIpc) is 2.80. The summed E-state index contributed by atoms with van der Waals surface area (Å²) in [4.78, 5) is 19.4. The van der Waals surface area contributed by atoms with E-state index >= 15 is 0 Å². The molecule has 1 aromatic carbocycles. The summed E-state index contributed by atoms with van der Waals surface area (Å²) in [5.41, 5.74) is 8.12. The molecule has 0 radical (unpaired) electrons. The molecule has 1 unspecified atom stereocenters. The maximum Gasteiger partial charge on any atom is 0.233 e. The number of hydrogen-bond acceptors (Lipinski definition) is 5. The van der Waals surface area contributed by atoms with Gasteiger partial charge in [0, 0.05) is 19.3 Å². The van der Waals surface area contributed by atoms with Crippen LogP contribution in [0.3, 0.4) is 0 Å². The van der Waals surface area contributed by atoms with Crippen LogP contribution in [0.2, 0.25) is 0 Å². The van der Waals surface area contributed by atoms with Crippen LogP contribution in [0.4, 0.5) is 5.69 Å². The number of nitrogen functional groups attached to an aromatic ring is 1. The summed E-state index contributed by atoms with van der Waals surface area (Å²) >= 11 is 1.38. The highest BCUT2D eigenvalue weighted by Crippen LogP contribution is 2.24. The molecule has 4 N–H and O–H groups in total. The summed E-state index contributed by atoms with van der Waals surface area (Å²) in [6.07, 6.45) is 0. The van der Waals surface area contributed by atoms with Gasteiger partial charge in [-0.25, -0.2) is 4.98 Å². The first-order valence-corrected chi connectivity index (χ1v) is 7.16. The number of hydrogen-bond donors (Lipinski definition) is 3. The second-order valence-electron chi connectivity index (χ2n) is 4.36. The lowest BCUT2D eigenvalue weighted by Crippen LogP contribution is -2.33. The number of ether oxygens (including phenoxy) is 1. The molecule has 6 nitrogen and oxygen atoms in total. The summed E-state index contributed by atoms with van der Waals surface area (Å²) in [6.45, 7) is 2.86. The topological polar surface area (TPSA) is 93.0 Å². The molecule has 1 aromatic heterocycles. The molecule has 2 aromatic rings. The molecule has 0 bridgehead atoms. The fraction of sp³-hybridized carbons (Fsp3) is 0.385. The molecule has 0 fully saturated rings. The van der Waals surface area contributed by atoms with Gasteiger partial charge >= 0.3 is 0 Å². The number of thioether (sulfide) groups is 1. The first kappa shape index (κ1) is 14.7. The lowest BCUT2D eigenvalue weighted by atomic mass is 10.3. The first-order valence-electron chi connectivity index (χ1n) is 6.28. The molecule has 2 rings (SSSR count). The number of nitrogens with zero attached hydrogens (tertiary/aromatic N) is 1. The number of methoxy groups -OCH3 is 1. The Bertz CT molecular complexity index is 599. The second-order valence-corrected chi connectivity index (χ2v) is 5.69. The predicted molar refractivity (Wildman–Crippen MR) is 80.7 cm³/mol. The fourth-order valence-corrected chi connectivity index (χ4v) is 2.55. The van der Waals surface area contributed by atoms with Gasteiger partial charge in [0.1, 0.15) is 0 Å². The van der Waals surface area contributed by atoms with Gasteiger partial charge in [-0.3, -0.25) is 4.79 Å². The van der Waals surface area contributed by atoms with Crippen LogP contribution in [0.15, 0.2) is 23.4 Å². The summed E-state index contributed by atoms with van der Waals surface area (Å²) in [6, 6.07) is 5.49. The van der Waals surface area contributed by atoms with Gasteiger partial charge in [0.2, 0.25) is 5.91 Å². The third-order valence-corrected chi connectivity index (χ3v) is 3.73. The molecule has 1 heterocycles. The van der Waals surface area contributed by atoms with Crippen LogP contribution in [0, 0.1) is 0 Å². The van der Waals surface area contributed by atoms with E-state index in [2.05, 4.69) is 15.3 Å². The van der Waals surface area contributed by atoms with Crippen molar-refractivity contribution in [3.8, 4) is 0 Å². The van der Waals surface area contributed by atoms with Crippen molar-refractivity contribution in [1.82, 2.24) is 15.3 Å². The van der Waals surface area contributed by atoms with E-state index in [4.69, 9.17) is 10.5 Å². The summed E-state index contributed by atoms with van der Waals surface area (Å²) in [7, 11) is 1.60. The van der Waals surface area contributed by atoms with E-state index in [0.717, 1.165) is 11.0 Å². The molecule has 20 heavy (non-hydrogen) atoms. The quantitative estimate of drug-likeness (QED) is 0.425. The lowest BCUT2D eigenvalue weighted by Gasteiger charge is -2.09. The largest absolute Gasteiger partial charge is 0.399 e. The van der Waals surface area contributed by atoms with Gasteiger partial charge in [0.15, 0.2) is 5.16 Å². The number of amides is 1. The minimum Gasteiger partial charge on any atom is -0.399 e. The number of benzene rings is 1. The number of imidazole rings is 1. The maximum atomic E-state index is 11.8. The van der Waals surface area contributed by atoms with Crippen LogP contribution in [0.1, 0.15) is 6.92 Å². The van der Waals surface area contributed by atoms with Crippen molar-refractivity contribution in [3.63, 3.8) is 0 Å². The summed E-state index contributed by atoms with van der Waals surface area (Å²) < 4.78 is 4.89. The Balaban J connectivity index is 1.98. The molecular formula is C13H18N4O2S. The molecule has 0 aliphatic heterocycles. The Labute approximate surface area is 121 Å². The number of anilines is 1. The number of nitrogens with two attached hydrogens (primary N) is 1. The smallest absolute Gasteiger partial charge is 0.233 e. The zero-order valence-corrected chi connectivity index (χ0v) is 12.3. The van der Waals surface area contributed by atoms with E-state index in [9.17, 15) is 4.79 Å². The average molecular weight is 294 g/mol. The van der Waals surface area contributed by atoms with Gasteiger partial charge < -0.3 is 20.8 Å². The van der Waals surface area contributed by atoms with Gasteiger partial charge in [0.05, 0.1) is 22.9 Å². The molecule has 7 heteroatoms. The molecule has 0 saturated carbocycles. The third kappa shape index (κ3) is 3.64. The maximum absolute atomic E-state index is 11.8. The fourth-order valence-electron chi connectivity index (χ4n) is 1.70. The highest BCUT2D eigenvalue weighted by atomic mass is 32.2. The third-order valence-electron chi connectivity index (χ3n) is 2.75. The second kappa shape index (κ2) is 6.62. The molecule has 1 amide bonds. The zero-order valence-electron chi connectivity index (χ0n) is 11.5. The first-order chi connectivity index (χ1) is 9.60. The van der Waals surface area contributed by atoms with Crippen molar-refractivity contribution >= 4 is 34.4 Å². The van der Waals surface area contributed by atoms with E-state index in [1.807, 2.05) is 19.1 Å². The van der Waals surface area contributed by atoms with Crippen LogP contribution in [-0.2, 0) is 9.53 Å². The molecule has 0 aliphatic rings. The van der Waals surface area contributed by atoms with Gasteiger partial charge in [-0.05, 0) is 25.1 Å². The SMILES string of the molecule is COCCNC(=O)C(C)Sc1nc2ccc(N)cc2[nH]1. The molecule has 108 valence electrons. The number of rotatable bonds is 6. The summed E-state index contributed by atoms with van der Waals surface area (Å²) in [5, 5.41) is 3.28. The Morgan fingerprint density at radius 2 is 2.40 bits per heavy atom. The van der Waals surface area contributed by atoms with Gasteiger partial charge in [-0.1, -0.05) is 11.8 Å². The number of aromatic amines is 1. The Morgan fingerprint density at radius 3 is 3.15 bits per heavy atom. The zero-order chi connectivity index (χ0) is 14.5. The number of aromatic nitrogens is 2. The van der Waals surface area contributed by atoms with Crippen LogP contribution < -0.4 is 11.1 Å². The van der Waals surface area contributed by atoms with Gasteiger partial charge in [-0.15, -0.1) is 0 Å². The Hall–Kier alpha value is -1.73. The number of H-pyrrole nitrogens is 1.